The summed E-state index contributed by atoms with van der Waals surface area (Å²) in [5.74, 6) is -0.177. The minimum absolute atomic E-state index is 0.219. The topological polar surface area (TPSA) is 75.7 Å². The highest BCUT2D eigenvalue weighted by molar-refractivity contribution is 7.94. The van der Waals surface area contributed by atoms with Crippen molar-refractivity contribution in [2.24, 2.45) is 0 Å². The lowest BCUT2D eigenvalue weighted by Crippen LogP contribution is -2.31. The Bertz CT molecular complexity index is 1200. The largest absolute Gasteiger partial charge is 0.484 e. The van der Waals surface area contributed by atoms with Crippen molar-refractivity contribution in [2.45, 2.75) is 23.4 Å². The first-order valence-corrected chi connectivity index (χ1v) is 12.0. The maximum Gasteiger partial charge on any atom is 0.416 e. The Hall–Kier alpha value is -3.05. The van der Waals surface area contributed by atoms with Crippen LogP contribution in [-0.2, 0) is 21.0 Å². The lowest BCUT2D eigenvalue weighted by Gasteiger charge is -2.19. The molecule has 3 aromatic rings. The van der Waals surface area contributed by atoms with Gasteiger partial charge in [-0.05, 0) is 60.3 Å². The number of halogens is 3. The number of carbonyl (C=O) groups excluding carboxylic acids is 1. The molecule has 1 heterocycles. The summed E-state index contributed by atoms with van der Waals surface area (Å²) >= 11 is 1.12. The van der Waals surface area contributed by atoms with Crippen molar-refractivity contribution in [3.8, 4) is 5.75 Å². The molecule has 11 heteroatoms. The molecule has 0 bridgehead atoms. The number of hydrogen-bond acceptors (Lipinski definition) is 5. The van der Waals surface area contributed by atoms with Gasteiger partial charge in [-0.25, -0.2) is 8.42 Å². The zero-order valence-electron chi connectivity index (χ0n) is 17.7. The highest BCUT2D eigenvalue weighted by Crippen LogP contribution is 2.31. The molecular weight excluding hydrogens is 477 g/mol. The van der Waals surface area contributed by atoms with Crippen LogP contribution in [0.4, 0.5) is 18.9 Å². The molecule has 0 spiro atoms. The zero-order chi connectivity index (χ0) is 24.2. The number of alkyl halides is 3. The molecule has 0 fully saturated rings. The number of thiophene rings is 1. The van der Waals surface area contributed by atoms with Crippen LogP contribution < -0.4 is 14.4 Å². The van der Waals surface area contributed by atoms with Crippen LogP contribution in [0, 0.1) is 0 Å². The Morgan fingerprint density at radius 3 is 2.42 bits per heavy atom. The van der Waals surface area contributed by atoms with E-state index in [0.29, 0.717) is 17.0 Å². The van der Waals surface area contributed by atoms with Gasteiger partial charge in [0.15, 0.2) is 6.61 Å². The van der Waals surface area contributed by atoms with Crippen LogP contribution in [0.15, 0.2) is 70.3 Å². The lowest BCUT2D eigenvalue weighted by atomic mass is 10.0. The van der Waals surface area contributed by atoms with Crippen LogP contribution in [0.25, 0.3) is 0 Å². The zero-order valence-corrected chi connectivity index (χ0v) is 19.3. The maximum absolute atomic E-state index is 12.9. The number of amides is 1. The van der Waals surface area contributed by atoms with E-state index in [0.717, 1.165) is 27.8 Å². The molecule has 1 atom stereocenters. The van der Waals surface area contributed by atoms with Crippen LogP contribution in [0.5, 0.6) is 5.75 Å². The van der Waals surface area contributed by atoms with E-state index < -0.39 is 33.7 Å². The Balaban J connectivity index is 1.57. The SMILES string of the molecule is CC(NC(=O)COc1ccc(N(C)S(=O)(=O)c2cccs2)cc1)c1cccc(C(F)(F)F)c1. The van der Waals surface area contributed by atoms with Gasteiger partial charge in [-0.3, -0.25) is 9.10 Å². The average molecular weight is 499 g/mol. The number of ether oxygens (including phenoxy) is 1. The van der Waals surface area contributed by atoms with Gasteiger partial charge in [0, 0.05) is 7.05 Å². The number of carbonyl (C=O) groups is 1. The van der Waals surface area contributed by atoms with Crippen LogP contribution in [-0.4, -0.2) is 28.0 Å². The minimum atomic E-state index is -4.47. The summed E-state index contributed by atoms with van der Waals surface area (Å²) < 4.78 is 70.6. The van der Waals surface area contributed by atoms with E-state index >= 15 is 0 Å². The number of sulfonamides is 1. The van der Waals surface area contributed by atoms with Crippen LogP contribution in [0.3, 0.4) is 0 Å². The van der Waals surface area contributed by atoms with Gasteiger partial charge in [0.2, 0.25) is 0 Å². The van der Waals surface area contributed by atoms with Gasteiger partial charge in [0.05, 0.1) is 17.3 Å². The summed E-state index contributed by atoms with van der Waals surface area (Å²) in [5.41, 5.74) is -0.0561. The maximum atomic E-state index is 12.9. The fourth-order valence-corrected chi connectivity index (χ4v) is 5.29. The molecule has 176 valence electrons. The van der Waals surface area contributed by atoms with E-state index in [1.54, 1.807) is 30.5 Å². The highest BCUT2D eigenvalue weighted by atomic mass is 32.2. The van der Waals surface area contributed by atoms with Gasteiger partial charge >= 0.3 is 6.18 Å². The lowest BCUT2D eigenvalue weighted by molar-refractivity contribution is -0.137. The molecule has 0 aliphatic carbocycles. The summed E-state index contributed by atoms with van der Waals surface area (Å²) in [5, 5.41) is 4.27. The van der Waals surface area contributed by atoms with Crippen molar-refractivity contribution in [3.05, 3.63) is 77.2 Å². The van der Waals surface area contributed by atoms with Crippen LogP contribution >= 0.6 is 11.3 Å². The van der Waals surface area contributed by atoms with Gasteiger partial charge in [-0.1, -0.05) is 18.2 Å². The summed E-state index contributed by atoms with van der Waals surface area (Å²) in [6, 6.07) is 13.4. The quantitative estimate of drug-likeness (QED) is 0.482. The molecule has 1 N–H and O–H groups in total. The van der Waals surface area contributed by atoms with Gasteiger partial charge < -0.3 is 10.1 Å². The van der Waals surface area contributed by atoms with Crippen molar-refractivity contribution >= 4 is 33.0 Å². The molecule has 1 unspecified atom stereocenters. The van der Waals surface area contributed by atoms with Gasteiger partial charge in [0.1, 0.15) is 9.96 Å². The third-order valence-corrected chi connectivity index (χ3v) is 7.93. The molecular formula is C22H21F3N2O4S2. The first kappa shape index (κ1) is 24.6. The molecule has 0 aliphatic heterocycles. The predicted molar refractivity (Wildman–Crippen MR) is 120 cm³/mol. The summed E-state index contributed by atoms with van der Waals surface area (Å²) in [6.45, 7) is 1.22. The first-order chi connectivity index (χ1) is 15.5. The second kappa shape index (κ2) is 9.84. The van der Waals surface area contributed by atoms with Crippen molar-refractivity contribution in [2.75, 3.05) is 18.0 Å². The molecule has 0 aliphatic rings. The van der Waals surface area contributed by atoms with E-state index in [1.165, 1.54) is 37.4 Å². The summed E-state index contributed by atoms with van der Waals surface area (Å²) in [6.07, 6.45) is -4.47. The first-order valence-electron chi connectivity index (χ1n) is 9.70. The van der Waals surface area contributed by atoms with E-state index in [4.69, 9.17) is 4.74 Å². The molecule has 33 heavy (non-hydrogen) atoms. The number of benzene rings is 2. The normalized spacial score (nSPS) is 12.8. The van der Waals surface area contributed by atoms with Gasteiger partial charge in [0.25, 0.3) is 15.9 Å². The summed E-state index contributed by atoms with van der Waals surface area (Å²) in [4.78, 5) is 12.2. The van der Waals surface area contributed by atoms with Crippen molar-refractivity contribution in [1.29, 1.82) is 0 Å². The third-order valence-electron chi connectivity index (χ3n) is 4.77. The standard InChI is InChI=1S/C22H21F3N2O4S2/c1-15(16-5-3-6-17(13-16)22(23,24)25)26-20(28)14-31-19-10-8-18(9-11-19)27(2)33(29,30)21-7-4-12-32-21/h3-13,15H,14H2,1-2H3,(H,26,28). The van der Waals surface area contributed by atoms with Gasteiger partial charge in [-0.15, -0.1) is 11.3 Å². The number of anilines is 1. The molecule has 0 saturated heterocycles. The second-order valence-corrected chi connectivity index (χ2v) is 10.2. The van der Waals surface area contributed by atoms with E-state index in [-0.39, 0.29) is 10.8 Å². The molecule has 1 aromatic heterocycles. The van der Waals surface area contributed by atoms with Crippen molar-refractivity contribution in [3.63, 3.8) is 0 Å². The molecule has 3 rings (SSSR count). The van der Waals surface area contributed by atoms with Crippen molar-refractivity contribution in [1.82, 2.24) is 5.32 Å². The summed E-state index contributed by atoms with van der Waals surface area (Å²) in [7, 11) is -2.22. The average Bonchev–Trinajstić information content (AvgIpc) is 3.33. The monoisotopic (exact) mass is 498 g/mol. The molecule has 6 nitrogen and oxygen atoms in total. The molecule has 0 saturated carbocycles. The van der Waals surface area contributed by atoms with Crippen molar-refractivity contribution < 1.29 is 31.1 Å². The third kappa shape index (κ3) is 6.05. The fourth-order valence-electron chi connectivity index (χ4n) is 2.94. The van der Waals surface area contributed by atoms with Crippen LogP contribution in [0.2, 0.25) is 0 Å². The van der Waals surface area contributed by atoms with Crippen LogP contribution in [0.1, 0.15) is 24.1 Å². The Kier molecular flexibility index (Phi) is 7.33. The molecule has 1 amide bonds. The highest BCUT2D eigenvalue weighted by Gasteiger charge is 2.30. The fraction of sp³-hybridized carbons (Fsp3) is 0.227. The van der Waals surface area contributed by atoms with E-state index in [9.17, 15) is 26.4 Å². The smallest absolute Gasteiger partial charge is 0.416 e. The predicted octanol–water partition coefficient (Wildman–Crippen LogP) is 4.85. The van der Waals surface area contributed by atoms with E-state index in [2.05, 4.69) is 5.32 Å². The number of nitrogens with one attached hydrogen (secondary N) is 1. The van der Waals surface area contributed by atoms with E-state index in [1.807, 2.05) is 0 Å². The molecule has 2 aromatic carbocycles. The number of hydrogen-bond donors (Lipinski definition) is 1. The Labute approximate surface area is 193 Å². The minimum Gasteiger partial charge on any atom is -0.484 e. The second-order valence-electron chi connectivity index (χ2n) is 7.10. The Morgan fingerprint density at radius 1 is 1.12 bits per heavy atom. The Morgan fingerprint density at radius 2 is 1.82 bits per heavy atom. The van der Waals surface area contributed by atoms with Gasteiger partial charge in [-0.2, -0.15) is 13.2 Å². The number of nitrogens with zero attached hydrogens (tertiary/aromatic N) is 1. The molecule has 0 radical (unpaired) electrons. The number of rotatable bonds is 8.